The van der Waals surface area contributed by atoms with E-state index in [-0.39, 0.29) is 5.41 Å². The van der Waals surface area contributed by atoms with E-state index in [0.717, 1.165) is 43.1 Å². The number of hydrogen-bond acceptors (Lipinski definition) is 5. The second kappa shape index (κ2) is 6.18. The molecule has 1 aromatic heterocycles. The van der Waals surface area contributed by atoms with Crippen LogP contribution in [0, 0.1) is 5.92 Å². The van der Waals surface area contributed by atoms with E-state index in [1.54, 1.807) is 11.5 Å². The van der Waals surface area contributed by atoms with E-state index in [1.165, 1.54) is 12.8 Å². The van der Waals surface area contributed by atoms with Gasteiger partial charge in [0.25, 0.3) is 0 Å². The fraction of sp³-hybridized carbons (Fsp3) is 0.857. The minimum Gasteiger partial charge on any atom is -0.347 e. The van der Waals surface area contributed by atoms with Crippen LogP contribution in [0.25, 0.3) is 0 Å². The summed E-state index contributed by atoms with van der Waals surface area (Å²) in [5.74, 6) is 1.72. The summed E-state index contributed by atoms with van der Waals surface area (Å²) in [6.45, 7) is 13.1. The third-order valence-electron chi connectivity index (χ3n) is 3.56. The molecule has 0 bridgehead atoms. The van der Waals surface area contributed by atoms with Crippen molar-refractivity contribution in [1.82, 2.24) is 14.7 Å². The lowest BCUT2D eigenvalue weighted by molar-refractivity contribution is 0.395. The Kier molecular flexibility index (Phi) is 4.79. The fourth-order valence-corrected chi connectivity index (χ4v) is 3.29. The van der Waals surface area contributed by atoms with Crippen LogP contribution in [0.2, 0.25) is 0 Å². The van der Waals surface area contributed by atoms with Crippen molar-refractivity contribution in [2.24, 2.45) is 5.92 Å². The normalized spacial score (nSPS) is 20.8. The molecular formula is C14H26N4S. The Morgan fingerprint density at radius 3 is 2.84 bits per heavy atom. The Morgan fingerprint density at radius 1 is 1.42 bits per heavy atom. The van der Waals surface area contributed by atoms with Gasteiger partial charge in [0.05, 0.1) is 0 Å². The second-order valence-corrected chi connectivity index (χ2v) is 7.14. The lowest BCUT2D eigenvalue weighted by Gasteiger charge is -2.32. The zero-order valence-electron chi connectivity index (χ0n) is 12.6. The van der Waals surface area contributed by atoms with Crippen LogP contribution in [0.5, 0.6) is 0 Å². The molecule has 0 spiro atoms. The number of rotatable bonds is 4. The van der Waals surface area contributed by atoms with Crippen molar-refractivity contribution in [2.75, 3.05) is 31.1 Å². The van der Waals surface area contributed by atoms with Gasteiger partial charge in [-0.3, -0.25) is 0 Å². The van der Waals surface area contributed by atoms with Crippen LogP contribution >= 0.6 is 11.5 Å². The highest BCUT2D eigenvalue weighted by atomic mass is 32.1. The molecule has 2 heterocycles. The molecule has 1 saturated heterocycles. The molecule has 1 aliphatic rings. The summed E-state index contributed by atoms with van der Waals surface area (Å²) in [6.07, 6.45) is 2.59. The van der Waals surface area contributed by atoms with Crippen LogP contribution in [-0.4, -0.2) is 35.5 Å². The molecule has 0 saturated carbocycles. The maximum atomic E-state index is 4.73. The molecule has 1 fully saturated rings. The number of anilines is 1. The van der Waals surface area contributed by atoms with Gasteiger partial charge in [-0.1, -0.05) is 27.7 Å². The molecule has 0 aromatic carbocycles. The van der Waals surface area contributed by atoms with Crippen molar-refractivity contribution in [1.29, 1.82) is 0 Å². The summed E-state index contributed by atoms with van der Waals surface area (Å²) in [6, 6.07) is 0. The largest absolute Gasteiger partial charge is 0.347 e. The summed E-state index contributed by atoms with van der Waals surface area (Å²) >= 11 is 1.55. The van der Waals surface area contributed by atoms with Gasteiger partial charge in [0.15, 0.2) is 0 Å². The zero-order chi connectivity index (χ0) is 13.9. The molecule has 0 amide bonds. The van der Waals surface area contributed by atoms with Crippen LogP contribution in [0.15, 0.2) is 0 Å². The Labute approximate surface area is 120 Å². The number of nitrogens with one attached hydrogen (secondary N) is 1. The molecule has 19 heavy (non-hydrogen) atoms. The summed E-state index contributed by atoms with van der Waals surface area (Å²) in [4.78, 5) is 7.15. The monoisotopic (exact) mass is 282 g/mol. The van der Waals surface area contributed by atoms with Crippen molar-refractivity contribution >= 4 is 16.7 Å². The van der Waals surface area contributed by atoms with Crippen molar-refractivity contribution in [3.05, 3.63) is 5.82 Å². The van der Waals surface area contributed by atoms with Gasteiger partial charge in [-0.05, 0) is 31.8 Å². The third-order valence-corrected chi connectivity index (χ3v) is 4.34. The van der Waals surface area contributed by atoms with Crippen LogP contribution in [-0.2, 0) is 5.41 Å². The first-order valence-corrected chi connectivity index (χ1v) is 8.08. The van der Waals surface area contributed by atoms with E-state index in [1.807, 2.05) is 0 Å². The SMILES string of the molecule is CCNCC1CCCN(c2nc(C(C)(C)C)ns2)C1. The van der Waals surface area contributed by atoms with Gasteiger partial charge in [-0.15, -0.1) is 0 Å². The number of nitrogens with zero attached hydrogens (tertiary/aromatic N) is 3. The van der Waals surface area contributed by atoms with Crippen molar-refractivity contribution in [2.45, 2.75) is 46.0 Å². The number of aromatic nitrogens is 2. The van der Waals surface area contributed by atoms with Gasteiger partial charge in [-0.2, -0.15) is 4.37 Å². The number of hydrogen-bond donors (Lipinski definition) is 1. The van der Waals surface area contributed by atoms with Gasteiger partial charge in [0.1, 0.15) is 5.82 Å². The molecule has 0 aliphatic carbocycles. The van der Waals surface area contributed by atoms with Gasteiger partial charge < -0.3 is 10.2 Å². The van der Waals surface area contributed by atoms with Gasteiger partial charge >= 0.3 is 0 Å². The molecule has 2 rings (SSSR count). The fourth-order valence-electron chi connectivity index (χ4n) is 2.40. The topological polar surface area (TPSA) is 41.0 Å². The highest BCUT2D eigenvalue weighted by molar-refractivity contribution is 7.09. The molecule has 1 unspecified atom stereocenters. The maximum Gasteiger partial charge on any atom is 0.205 e. The summed E-state index contributed by atoms with van der Waals surface area (Å²) in [7, 11) is 0. The molecule has 108 valence electrons. The van der Waals surface area contributed by atoms with E-state index in [4.69, 9.17) is 4.98 Å². The van der Waals surface area contributed by atoms with Crippen LogP contribution in [0.4, 0.5) is 5.13 Å². The summed E-state index contributed by atoms with van der Waals surface area (Å²) in [5, 5.41) is 4.56. The zero-order valence-corrected chi connectivity index (χ0v) is 13.4. The molecule has 4 nitrogen and oxygen atoms in total. The average molecular weight is 282 g/mol. The standard InChI is InChI=1S/C14H26N4S/c1-5-15-9-11-7-6-8-18(10-11)13-16-12(17-19-13)14(2,3)4/h11,15H,5-10H2,1-4H3. The molecule has 1 aromatic rings. The minimum atomic E-state index is 0.0493. The smallest absolute Gasteiger partial charge is 0.205 e. The molecule has 5 heteroatoms. The molecule has 1 aliphatic heterocycles. The van der Waals surface area contributed by atoms with Crippen molar-refractivity contribution < 1.29 is 0 Å². The van der Waals surface area contributed by atoms with Gasteiger partial charge in [0, 0.05) is 30.0 Å². The van der Waals surface area contributed by atoms with E-state index in [2.05, 4.69) is 42.3 Å². The Hall–Kier alpha value is -0.680. The van der Waals surface area contributed by atoms with Crippen molar-refractivity contribution in [3.8, 4) is 0 Å². The van der Waals surface area contributed by atoms with Gasteiger partial charge in [-0.25, -0.2) is 4.98 Å². The van der Waals surface area contributed by atoms with Crippen LogP contribution < -0.4 is 10.2 Å². The predicted molar refractivity (Wildman–Crippen MR) is 82.1 cm³/mol. The lowest BCUT2D eigenvalue weighted by atomic mass is 9.96. The Balaban J connectivity index is 1.99. The minimum absolute atomic E-state index is 0.0493. The van der Waals surface area contributed by atoms with E-state index < -0.39 is 0 Å². The second-order valence-electron chi connectivity index (χ2n) is 6.41. The maximum absolute atomic E-state index is 4.73. The average Bonchev–Trinajstić information content (AvgIpc) is 2.86. The van der Waals surface area contributed by atoms with E-state index in [9.17, 15) is 0 Å². The molecule has 1 atom stereocenters. The lowest BCUT2D eigenvalue weighted by Crippen LogP contribution is -2.39. The third kappa shape index (κ3) is 3.89. The van der Waals surface area contributed by atoms with Gasteiger partial charge in [0.2, 0.25) is 5.13 Å². The first-order valence-electron chi connectivity index (χ1n) is 7.30. The predicted octanol–water partition coefficient (Wildman–Crippen LogP) is 2.66. The molecular weight excluding hydrogens is 256 g/mol. The molecule has 0 radical (unpaired) electrons. The first-order chi connectivity index (χ1) is 9.00. The molecule has 1 N–H and O–H groups in total. The summed E-state index contributed by atoms with van der Waals surface area (Å²) in [5.41, 5.74) is 0.0493. The Bertz CT molecular complexity index is 396. The van der Waals surface area contributed by atoms with Crippen LogP contribution in [0.3, 0.4) is 0 Å². The van der Waals surface area contributed by atoms with E-state index in [0.29, 0.717) is 0 Å². The van der Waals surface area contributed by atoms with Crippen LogP contribution in [0.1, 0.15) is 46.4 Å². The number of piperidine rings is 1. The Morgan fingerprint density at radius 2 is 2.21 bits per heavy atom. The summed E-state index contributed by atoms with van der Waals surface area (Å²) < 4.78 is 4.52. The highest BCUT2D eigenvalue weighted by Gasteiger charge is 2.25. The quantitative estimate of drug-likeness (QED) is 0.922. The van der Waals surface area contributed by atoms with Crippen molar-refractivity contribution in [3.63, 3.8) is 0 Å². The van der Waals surface area contributed by atoms with E-state index >= 15 is 0 Å². The highest BCUT2D eigenvalue weighted by Crippen LogP contribution is 2.28. The first kappa shape index (κ1) is 14.7.